The minimum absolute atomic E-state index is 0.121. The number of amides is 1. The smallest absolute Gasteiger partial charge is 0.221 e. The van der Waals surface area contributed by atoms with Crippen LogP contribution in [0.1, 0.15) is 17.9 Å². The van der Waals surface area contributed by atoms with Gasteiger partial charge in [0.05, 0.1) is 11.9 Å². The van der Waals surface area contributed by atoms with Crippen molar-refractivity contribution in [3.05, 3.63) is 48.0 Å². The number of carbonyl (C=O) groups excluding carboxylic acids is 1. The maximum atomic E-state index is 11.2. The molecule has 1 aromatic carbocycles. The van der Waals surface area contributed by atoms with E-state index in [-0.39, 0.29) is 11.9 Å². The summed E-state index contributed by atoms with van der Waals surface area (Å²) in [5.41, 5.74) is 2.22. The lowest BCUT2D eigenvalue weighted by molar-refractivity contribution is -0.119. The van der Waals surface area contributed by atoms with Crippen molar-refractivity contribution in [3.8, 4) is 5.69 Å². The van der Waals surface area contributed by atoms with Gasteiger partial charge in [-0.25, -0.2) is 4.98 Å². The van der Waals surface area contributed by atoms with Crippen molar-refractivity contribution in [2.24, 2.45) is 0 Å². The Morgan fingerprint density at radius 3 is 2.90 bits per heavy atom. The third kappa shape index (κ3) is 2.58. The molecule has 1 aliphatic rings. The molecule has 5 nitrogen and oxygen atoms in total. The van der Waals surface area contributed by atoms with Crippen molar-refractivity contribution in [2.75, 3.05) is 6.54 Å². The molecule has 1 saturated heterocycles. The average Bonchev–Trinajstić information content (AvgIpc) is 3.03. The molecule has 20 heavy (non-hydrogen) atoms. The highest BCUT2D eigenvalue weighted by molar-refractivity contribution is 5.78. The van der Waals surface area contributed by atoms with Crippen LogP contribution in [0.4, 0.5) is 0 Å². The van der Waals surface area contributed by atoms with Crippen LogP contribution in [0.3, 0.4) is 0 Å². The van der Waals surface area contributed by atoms with Crippen LogP contribution >= 0.6 is 0 Å². The molecule has 2 N–H and O–H groups in total. The maximum Gasteiger partial charge on any atom is 0.221 e. The molecule has 1 aromatic heterocycles. The van der Waals surface area contributed by atoms with Gasteiger partial charge in [0.2, 0.25) is 5.91 Å². The van der Waals surface area contributed by atoms with Crippen LogP contribution in [0.15, 0.2) is 36.5 Å². The van der Waals surface area contributed by atoms with Gasteiger partial charge < -0.3 is 10.6 Å². The van der Waals surface area contributed by atoms with E-state index in [1.807, 2.05) is 31.3 Å². The second-order valence-corrected chi connectivity index (χ2v) is 5.05. The first-order valence-electron chi connectivity index (χ1n) is 6.83. The van der Waals surface area contributed by atoms with Crippen molar-refractivity contribution in [1.29, 1.82) is 0 Å². The van der Waals surface area contributed by atoms with Gasteiger partial charge in [-0.05, 0) is 19.1 Å². The molecule has 1 fully saturated rings. The zero-order chi connectivity index (χ0) is 13.9. The Bertz CT molecular complexity index is 606. The second kappa shape index (κ2) is 5.46. The van der Waals surface area contributed by atoms with Crippen LogP contribution in [0.25, 0.3) is 5.69 Å². The molecule has 0 spiro atoms. The molecule has 5 heteroatoms. The highest BCUT2D eigenvalue weighted by Crippen LogP contribution is 2.14. The molecular weight excluding hydrogens is 252 g/mol. The largest absolute Gasteiger partial charge is 0.354 e. The number of hydrogen-bond donors (Lipinski definition) is 2. The summed E-state index contributed by atoms with van der Waals surface area (Å²) in [6.07, 6.45) is 2.44. The summed E-state index contributed by atoms with van der Waals surface area (Å²) in [7, 11) is 0. The van der Waals surface area contributed by atoms with Crippen molar-refractivity contribution in [1.82, 2.24) is 20.2 Å². The Morgan fingerprint density at radius 1 is 1.40 bits per heavy atom. The van der Waals surface area contributed by atoms with E-state index in [4.69, 9.17) is 0 Å². The molecule has 104 valence electrons. The van der Waals surface area contributed by atoms with Crippen molar-refractivity contribution < 1.29 is 4.79 Å². The van der Waals surface area contributed by atoms with Gasteiger partial charge in [-0.2, -0.15) is 0 Å². The van der Waals surface area contributed by atoms with Crippen LogP contribution in [-0.4, -0.2) is 28.0 Å². The first kappa shape index (κ1) is 12.9. The van der Waals surface area contributed by atoms with E-state index in [0.717, 1.165) is 17.2 Å². The summed E-state index contributed by atoms with van der Waals surface area (Å²) in [6, 6.07) is 10.4. The van der Waals surface area contributed by atoms with Crippen LogP contribution in [0, 0.1) is 6.92 Å². The monoisotopic (exact) mass is 270 g/mol. The highest BCUT2D eigenvalue weighted by atomic mass is 16.1. The van der Waals surface area contributed by atoms with Gasteiger partial charge in [-0.15, -0.1) is 0 Å². The van der Waals surface area contributed by atoms with Crippen molar-refractivity contribution in [3.63, 3.8) is 0 Å². The molecule has 1 aliphatic heterocycles. The fraction of sp³-hybridized carbons (Fsp3) is 0.333. The van der Waals surface area contributed by atoms with E-state index in [0.29, 0.717) is 19.5 Å². The number of nitrogens with one attached hydrogen (secondary N) is 2. The summed E-state index contributed by atoms with van der Waals surface area (Å²) in [5.74, 6) is 1.09. The highest BCUT2D eigenvalue weighted by Gasteiger charge is 2.21. The third-order valence-electron chi connectivity index (χ3n) is 3.57. The fourth-order valence-corrected chi connectivity index (χ4v) is 2.54. The van der Waals surface area contributed by atoms with E-state index < -0.39 is 0 Å². The molecule has 0 bridgehead atoms. The summed E-state index contributed by atoms with van der Waals surface area (Å²) in [6.45, 7) is 3.41. The van der Waals surface area contributed by atoms with Gasteiger partial charge >= 0.3 is 0 Å². The summed E-state index contributed by atoms with van der Waals surface area (Å²) >= 11 is 0. The molecule has 1 amide bonds. The zero-order valence-electron chi connectivity index (χ0n) is 11.5. The summed E-state index contributed by atoms with van der Waals surface area (Å²) in [5, 5.41) is 6.24. The topological polar surface area (TPSA) is 59.0 Å². The standard InChI is InChI=1S/C15H18N4O/c1-11-16-9-14(10-17-12-7-15(20)18-8-12)19(11)13-5-3-2-4-6-13/h2-6,9,12,17H,7-8,10H2,1H3,(H,18,20). The van der Waals surface area contributed by atoms with E-state index in [2.05, 4.69) is 32.3 Å². The normalized spacial score (nSPS) is 18.2. The molecule has 0 aliphatic carbocycles. The number of carbonyl (C=O) groups is 1. The van der Waals surface area contributed by atoms with Gasteiger partial charge in [0.25, 0.3) is 0 Å². The van der Waals surface area contributed by atoms with E-state index in [1.165, 1.54) is 0 Å². The third-order valence-corrected chi connectivity index (χ3v) is 3.57. The van der Waals surface area contributed by atoms with Gasteiger partial charge in [-0.3, -0.25) is 9.36 Å². The van der Waals surface area contributed by atoms with Crippen LogP contribution in [0.5, 0.6) is 0 Å². The fourth-order valence-electron chi connectivity index (χ4n) is 2.54. The number of imidazole rings is 1. The number of aromatic nitrogens is 2. The Morgan fingerprint density at radius 2 is 2.20 bits per heavy atom. The number of para-hydroxylation sites is 1. The molecular formula is C15H18N4O. The Hall–Kier alpha value is -2.14. The molecule has 1 atom stereocenters. The lowest BCUT2D eigenvalue weighted by Gasteiger charge is -2.13. The number of nitrogens with zero attached hydrogens (tertiary/aromatic N) is 2. The molecule has 0 radical (unpaired) electrons. The van der Waals surface area contributed by atoms with E-state index >= 15 is 0 Å². The predicted molar refractivity (Wildman–Crippen MR) is 76.6 cm³/mol. The molecule has 1 unspecified atom stereocenters. The SMILES string of the molecule is Cc1ncc(CNC2CNC(=O)C2)n1-c1ccccc1. The minimum atomic E-state index is 0.121. The molecule has 0 saturated carbocycles. The maximum absolute atomic E-state index is 11.2. The number of hydrogen-bond acceptors (Lipinski definition) is 3. The van der Waals surface area contributed by atoms with E-state index in [1.54, 1.807) is 0 Å². The molecule has 2 aromatic rings. The summed E-state index contributed by atoms with van der Waals surface area (Å²) < 4.78 is 2.14. The Balaban J connectivity index is 1.76. The van der Waals surface area contributed by atoms with Crippen molar-refractivity contribution >= 4 is 5.91 Å². The summed E-state index contributed by atoms with van der Waals surface area (Å²) in [4.78, 5) is 15.6. The van der Waals surface area contributed by atoms with Crippen LogP contribution in [0.2, 0.25) is 0 Å². The lowest BCUT2D eigenvalue weighted by Crippen LogP contribution is -2.31. The minimum Gasteiger partial charge on any atom is -0.354 e. The van der Waals surface area contributed by atoms with Gasteiger partial charge in [0.1, 0.15) is 5.82 Å². The predicted octanol–water partition coefficient (Wildman–Crippen LogP) is 1.16. The van der Waals surface area contributed by atoms with Gasteiger partial charge in [0, 0.05) is 31.2 Å². The Labute approximate surface area is 118 Å². The van der Waals surface area contributed by atoms with Crippen LogP contribution in [-0.2, 0) is 11.3 Å². The molecule has 2 heterocycles. The number of aryl methyl sites for hydroxylation is 1. The van der Waals surface area contributed by atoms with Gasteiger partial charge in [-0.1, -0.05) is 18.2 Å². The van der Waals surface area contributed by atoms with Crippen molar-refractivity contribution in [2.45, 2.75) is 25.9 Å². The zero-order valence-corrected chi connectivity index (χ0v) is 11.5. The van der Waals surface area contributed by atoms with E-state index in [9.17, 15) is 4.79 Å². The lowest BCUT2D eigenvalue weighted by atomic mass is 10.2. The second-order valence-electron chi connectivity index (χ2n) is 5.05. The Kier molecular flexibility index (Phi) is 3.52. The first-order chi connectivity index (χ1) is 9.74. The first-order valence-corrected chi connectivity index (χ1v) is 6.83. The number of rotatable bonds is 4. The number of benzene rings is 1. The average molecular weight is 270 g/mol. The molecule has 3 rings (SSSR count). The van der Waals surface area contributed by atoms with Crippen LogP contribution < -0.4 is 10.6 Å². The van der Waals surface area contributed by atoms with Gasteiger partial charge in [0.15, 0.2) is 0 Å². The quantitative estimate of drug-likeness (QED) is 0.876.